The molecule has 3 unspecified atom stereocenters. The van der Waals surface area contributed by atoms with Gasteiger partial charge in [0.2, 0.25) is 11.8 Å². The van der Waals surface area contributed by atoms with Gasteiger partial charge in [-0.1, -0.05) is 0 Å². The molecule has 3 rings (SSSR count). The Labute approximate surface area is 175 Å². The number of nitrogens with two attached hydrogens (primary N) is 1. The van der Waals surface area contributed by atoms with Crippen LogP contribution >= 0.6 is 0 Å². The lowest BCUT2D eigenvalue weighted by Crippen LogP contribution is -2.59. The van der Waals surface area contributed by atoms with Crippen molar-refractivity contribution in [1.82, 2.24) is 25.0 Å². The van der Waals surface area contributed by atoms with E-state index in [9.17, 15) is 19.2 Å². The van der Waals surface area contributed by atoms with Gasteiger partial charge in [0.05, 0.1) is 6.04 Å². The quantitative estimate of drug-likeness (QED) is 0.611. The van der Waals surface area contributed by atoms with Gasteiger partial charge in [0.25, 0.3) is 5.91 Å². The van der Waals surface area contributed by atoms with Gasteiger partial charge in [-0.05, 0) is 45.2 Å². The molecule has 164 valence electrons. The second-order valence-electron chi connectivity index (χ2n) is 8.21. The topological polar surface area (TPSA) is 130 Å². The number of aryl methyl sites for hydroxylation is 1. The zero-order valence-corrected chi connectivity index (χ0v) is 17.6. The predicted molar refractivity (Wildman–Crippen MR) is 109 cm³/mol. The number of hydrogen-bond acceptors (Lipinski definition) is 4. The van der Waals surface area contributed by atoms with Gasteiger partial charge < -0.3 is 30.7 Å². The molecule has 0 saturated carbocycles. The van der Waals surface area contributed by atoms with E-state index in [1.165, 1.54) is 9.80 Å². The molecule has 3 heterocycles. The van der Waals surface area contributed by atoms with Crippen LogP contribution in [0.4, 0.5) is 4.79 Å². The van der Waals surface area contributed by atoms with Crippen molar-refractivity contribution in [3.8, 4) is 0 Å². The van der Waals surface area contributed by atoms with E-state index in [-0.39, 0.29) is 17.9 Å². The summed E-state index contributed by atoms with van der Waals surface area (Å²) in [5.41, 5.74) is 5.94. The number of rotatable bonds is 5. The molecule has 5 amide bonds. The number of urea groups is 1. The van der Waals surface area contributed by atoms with E-state index >= 15 is 0 Å². The van der Waals surface area contributed by atoms with Crippen molar-refractivity contribution in [2.75, 3.05) is 13.1 Å². The van der Waals surface area contributed by atoms with Gasteiger partial charge >= 0.3 is 6.03 Å². The molecule has 4 N–H and O–H groups in total. The third-order valence-electron chi connectivity index (χ3n) is 5.68. The highest BCUT2D eigenvalue weighted by atomic mass is 16.2. The Bertz CT molecular complexity index is 835. The summed E-state index contributed by atoms with van der Waals surface area (Å²) in [5.74, 6) is -1.20. The Hall–Kier alpha value is -3.04. The Balaban J connectivity index is 1.88. The maximum Gasteiger partial charge on any atom is 0.315 e. The fraction of sp³-hybridized carbons (Fsp3) is 0.600. The molecule has 0 bridgehead atoms. The second kappa shape index (κ2) is 8.76. The van der Waals surface area contributed by atoms with Gasteiger partial charge in [0, 0.05) is 32.4 Å². The van der Waals surface area contributed by atoms with Crippen molar-refractivity contribution in [3.63, 3.8) is 0 Å². The fourth-order valence-corrected chi connectivity index (χ4v) is 4.28. The summed E-state index contributed by atoms with van der Waals surface area (Å²) in [7, 11) is 1.76. The van der Waals surface area contributed by atoms with Crippen LogP contribution in [0.3, 0.4) is 0 Å². The molecule has 2 fully saturated rings. The molecule has 1 aromatic rings. The maximum atomic E-state index is 13.5. The first-order valence-corrected chi connectivity index (χ1v) is 10.3. The van der Waals surface area contributed by atoms with Crippen LogP contribution in [-0.2, 0) is 16.6 Å². The van der Waals surface area contributed by atoms with Crippen molar-refractivity contribution in [2.45, 2.75) is 57.3 Å². The van der Waals surface area contributed by atoms with E-state index in [2.05, 4.69) is 10.6 Å². The average Bonchev–Trinajstić information content (AvgIpc) is 3.38. The van der Waals surface area contributed by atoms with Gasteiger partial charge in [-0.2, -0.15) is 0 Å². The third-order valence-corrected chi connectivity index (χ3v) is 5.68. The van der Waals surface area contributed by atoms with E-state index in [0.29, 0.717) is 38.0 Å². The Morgan fingerprint density at radius 3 is 2.47 bits per heavy atom. The summed E-state index contributed by atoms with van der Waals surface area (Å²) >= 11 is 0. The lowest BCUT2D eigenvalue weighted by molar-refractivity contribution is -0.140. The predicted octanol–water partition coefficient (Wildman–Crippen LogP) is -0.208. The monoisotopic (exact) mass is 418 g/mol. The summed E-state index contributed by atoms with van der Waals surface area (Å²) in [6.07, 6.45) is 3.37. The van der Waals surface area contributed by atoms with E-state index in [0.717, 1.165) is 0 Å². The number of nitrogens with one attached hydrogen (secondary N) is 2. The van der Waals surface area contributed by atoms with Crippen LogP contribution in [0.25, 0.3) is 0 Å². The van der Waals surface area contributed by atoms with Gasteiger partial charge in [-0.3, -0.25) is 14.4 Å². The Kier molecular flexibility index (Phi) is 6.33. The molecular weight excluding hydrogens is 388 g/mol. The van der Waals surface area contributed by atoms with Crippen LogP contribution in [0.1, 0.15) is 43.6 Å². The number of aromatic nitrogens is 1. The van der Waals surface area contributed by atoms with Crippen molar-refractivity contribution in [3.05, 3.63) is 24.0 Å². The Morgan fingerprint density at radius 1 is 1.13 bits per heavy atom. The molecule has 2 aliphatic heterocycles. The minimum atomic E-state index is -0.898. The minimum absolute atomic E-state index is 0.0699. The molecule has 0 aliphatic carbocycles. The number of primary amides is 1. The van der Waals surface area contributed by atoms with Crippen molar-refractivity contribution < 1.29 is 19.2 Å². The molecule has 0 spiro atoms. The summed E-state index contributed by atoms with van der Waals surface area (Å²) < 4.78 is 1.69. The third kappa shape index (κ3) is 4.27. The number of carbonyl (C=O) groups excluding carboxylic acids is 4. The number of carbonyl (C=O) groups is 4. The number of nitrogens with zero attached hydrogens (tertiary/aromatic N) is 3. The van der Waals surface area contributed by atoms with E-state index in [1.54, 1.807) is 29.9 Å². The summed E-state index contributed by atoms with van der Waals surface area (Å²) in [5, 5.41) is 5.59. The summed E-state index contributed by atoms with van der Waals surface area (Å²) in [6.45, 7) is 4.40. The normalized spacial score (nSPS) is 23.7. The van der Waals surface area contributed by atoms with Crippen LogP contribution in [0.2, 0.25) is 0 Å². The highest BCUT2D eigenvalue weighted by molar-refractivity contribution is 5.98. The highest BCUT2D eigenvalue weighted by Gasteiger charge is 2.47. The molecule has 0 aromatic carbocycles. The molecule has 30 heavy (non-hydrogen) atoms. The van der Waals surface area contributed by atoms with E-state index < -0.39 is 30.1 Å². The SMILES string of the molecule is CC(C)NC(=O)NC1CCN(C(=O)c2cccn2C)C1C(=O)N1CCCC1C(N)=O. The number of amides is 5. The molecular formula is C20H30N6O4. The summed E-state index contributed by atoms with van der Waals surface area (Å²) in [6, 6.07) is 0.844. The van der Waals surface area contributed by atoms with E-state index in [4.69, 9.17) is 5.73 Å². The molecule has 2 saturated heterocycles. The lowest BCUT2D eigenvalue weighted by Gasteiger charge is -2.33. The minimum Gasteiger partial charge on any atom is -0.368 e. The first kappa shape index (κ1) is 21.7. The van der Waals surface area contributed by atoms with Crippen molar-refractivity contribution in [1.29, 1.82) is 0 Å². The first-order chi connectivity index (χ1) is 14.2. The van der Waals surface area contributed by atoms with Crippen molar-refractivity contribution in [2.24, 2.45) is 12.8 Å². The second-order valence-corrected chi connectivity index (χ2v) is 8.21. The fourth-order valence-electron chi connectivity index (χ4n) is 4.28. The zero-order chi connectivity index (χ0) is 22.0. The van der Waals surface area contributed by atoms with Crippen LogP contribution in [-0.4, -0.2) is 75.4 Å². The Morgan fingerprint density at radius 2 is 1.87 bits per heavy atom. The van der Waals surface area contributed by atoms with Crippen molar-refractivity contribution >= 4 is 23.8 Å². The van der Waals surface area contributed by atoms with Gasteiger partial charge in [0.1, 0.15) is 17.8 Å². The largest absolute Gasteiger partial charge is 0.368 e. The highest BCUT2D eigenvalue weighted by Crippen LogP contribution is 2.26. The van der Waals surface area contributed by atoms with Crippen LogP contribution < -0.4 is 16.4 Å². The average molecular weight is 418 g/mol. The molecule has 3 atom stereocenters. The standard InChI is InChI=1S/C20H30N6O4/c1-12(2)22-20(30)23-13-8-11-26(18(28)15-7-4-9-24(15)3)16(13)19(29)25-10-5-6-14(25)17(21)27/h4,7,9,12-14,16H,5-6,8,10-11H2,1-3H3,(H2,21,27)(H2,22,23,30). The smallest absolute Gasteiger partial charge is 0.315 e. The molecule has 10 heteroatoms. The molecule has 10 nitrogen and oxygen atoms in total. The molecule has 0 radical (unpaired) electrons. The van der Waals surface area contributed by atoms with Gasteiger partial charge in [-0.15, -0.1) is 0 Å². The number of likely N-dealkylation sites (tertiary alicyclic amines) is 2. The van der Waals surface area contributed by atoms with Crippen LogP contribution in [0, 0.1) is 0 Å². The van der Waals surface area contributed by atoms with Gasteiger partial charge in [0.15, 0.2) is 0 Å². The number of hydrogen-bond donors (Lipinski definition) is 3. The molecule has 2 aliphatic rings. The van der Waals surface area contributed by atoms with Gasteiger partial charge in [-0.25, -0.2) is 4.79 Å². The first-order valence-electron chi connectivity index (χ1n) is 10.3. The van der Waals surface area contributed by atoms with Crippen LogP contribution in [0.5, 0.6) is 0 Å². The lowest BCUT2D eigenvalue weighted by atomic mass is 10.1. The van der Waals surface area contributed by atoms with Crippen LogP contribution in [0.15, 0.2) is 18.3 Å². The summed E-state index contributed by atoms with van der Waals surface area (Å²) in [4.78, 5) is 53.8. The maximum absolute atomic E-state index is 13.5. The van der Waals surface area contributed by atoms with E-state index in [1.807, 2.05) is 13.8 Å². The zero-order valence-electron chi connectivity index (χ0n) is 17.6. The molecule has 1 aromatic heterocycles.